The number of H-pyrrole nitrogens is 1. The molecule has 0 radical (unpaired) electrons. The maximum absolute atomic E-state index is 13.1. The van der Waals surface area contributed by atoms with E-state index in [0.717, 1.165) is 0 Å². The van der Waals surface area contributed by atoms with Crippen LogP contribution in [0, 0.1) is 5.92 Å². The molecule has 36 heavy (non-hydrogen) atoms. The second kappa shape index (κ2) is 14.4. The Bertz CT molecular complexity index is 934. The lowest BCUT2D eigenvalue weighted by Crippen LogP contribution is -2.58. The number of carboxylic acids is 3. The molecular weight excluding hydrogens is 480 g/mol. The molecule has 0 aliphatic carbocycles. The summed E-state index contributed by atoms with van der Waals surface area (Å²) in [6.45, 7) is 3.55. The van der Waals surface area contributed by atoms with Crippen molar-refractivity contribution >= 4 is 35.6 Å². The van der Waals surface area contributed by atoms with E-state index in [2.05, 4.69) is 25.9 Å². The Balaban J connectivity index is 3.07. The van der Waals surface area contributed by atoms with Crippen molar-refractivity contribution in [3.8, 4) is 0 Å². The fourth-order valence-corrected chi connectivity index (χ4v) is 3.16. The second-order valence-electron chi connectivity index (χ2n) is 8.57. The minimum atomic E-state index is -1.52. The molecule has 9 N–H and O–H groups in total. The topological polar surface area (TPSA) is 254 Å². The Morgan fingerprint density at radius 2 is 1.50 bits per heavy atom. The molecule has 0 aliphatic rings. The molecule has 1 aromatic rings. The third-order valence-corrected chi connectivity index (χ3v) is 4.94. The van der Waals surface area contributed by atoms with Gasteiger partial charge in [-0.2, -0.15) is 0 Å². The Morgan fingerprint density at radius 1 is 0.917 bits per heavy atom. The highest BCUT2D eigenvalue weighted by atomic mass is 16.4. The molecule has 15 nitrogen and oxygen atoms in total. The van der Waals surface area contributed by atoms with Gasteiger partial charge in [-0.05, 0) is 18.8 Å². The Kier molecular flexibility index (Phi) is 12.0. The highest BCUT2D eigenvalue weighted by Crippen LogP contribution is 2.08. The summed E-state index contributed by atoms with van der Waals surface area (Å²) >= 11 is 0. The van der Waals surface area contributed by atoms with Crippen LogP contribution in [0.2, 0.25) is 0 Å². The zero-order chi connectivity index (χ0) is 27.4. The third-order valence-electron chi connectivity index (χ3n) is 4.94. The maximum Gasteiger partial charge on any atom is 0.326 e. The van der Waals surface area contributed by atoms with Gasteiger partial charge in [-0.25, -0.2) is 9.78 Å². The first-order chi connectivity index (χ1) is 16.8. The van der Waals surface area contributed by atoms with Crippen LogP contribution in [0.4, 0.5) is 0 Å². The smallest absolute Gasteiger partial charge is 0.326 e. The van der Waals surface area contributed by atoms with Crippen molar-refractivity contribution in [2.45, 2.75) is 70.1 Å². The van der Waals surface area contributed by atoms with Crippen molar-refractivity contribution in [2.24, 2.45) is 11.7 Å². The molecule has 15 heteroatoms. The van der Waals surface area contributed by atoms with Gasteiger partial charge in [0.2, 0.25) is 17.7 Å². The number of hydrogen-bond donors (Lipinski definition) is 8. The van der Waals surface area contributed by atoms with Crippen LogP contribution in [0.3, 0.4) is 0 Å². The summed E-state index contributed by atoms with van der Waals surface area (Å²) in [5.74, 6) is -6.63. The highest BCUT2D eigenvalue weighted by Gasteiger charge is 2.31. The van der Waals surface area contributed by atoms with Crippen molar-refractivity contribution in [1.82, 2.24) is 25.9 Å². The lowest BCUT2D eigenvalue weighted by molar-refractivity contribution is -0.143. The van der Waals surface area contributed by atoms with Gasteiger partial charge in [0.15, 0.2) is 0 Å². The number of nitrogens with zero attached hydrogens (tertiary/aromatic N) is 1. The molecule has 1 aromatic heterocycles. The first-order valence-corrected chi connectivity index (χ1v) is 11.1. The number of carbonyl (C=O) groups is 6. The zero-order valence-corrected chi connectivity index (χ0v) is 19.9. The van der Waals surface area contributed by atoms with Crippen LogP contribution in [-0.4, -0.2) is 85.1 Å². The largest absolute Gasteiger partial charge is 0.481 e. The van der Waals surface area contributed by atoms with Gasteiger partial charge in [-0.3, -0.25) is 24.0 Å². The number of rotatable bonds is 16. The van der Waals surface area contributed by atoms with E-state index in [9.17, 15) is 33.9 Å². The third kappa shape index (κ3) is 10.9. The monoisotopic (exact) mass is 512 g/mol. The van der Waals surface area contributed by atoms with Gasteiger partial charge in [0.25, 0.3) is 0 Å². The number of nitrogens with one attached hydrogen (secondary N) is 4. The lowest BCUT2D eigenvalue weighted by atomic mass is 10.0. The Morgan fingerprint density at radius 3 is 2.00 bits per heavy atom. The van der Waals surface area contributed by atoms with E-state index in [4.69, 9.17) is 15.9 Å². The number of imidazole rings is 1. The molecule has 0 aromatic carbocycles. The summed E-state index contributed by atoms with van der Waals surface area (Å²) < 4.78 is 0. The van der Waals surface area contributed by atoms with E-state index in [1.165, 1.54) is 12.5 Å². The first kappa shape index (κ1) is 30.0. The fourth-order valence-electron chi connectivity index (χ4n) is 3.16. The van der Waals surface area contributed by atoms with Crippen molar-refractivity contribution in [2.75, 3.05) is 0 Å². The number of nitrogens with two attached hydrogens (primary N) is 1. The van der Waals surface area contributed by atoms with Crippen LogP contribution in [0.25, 0.3) is 0 Å². The molecule has 4 atom stereocenters. The van der Waals surface area contributed by atoms with Crippen LogP contribution in [0.15, 0.2) is 12.5 Å². The average Bonchev–Trinajstić information content (AvgIpc) is 3.27. The Labute approximate surface area is 206 Å². The van der Waals surface area contributed by atoms with Gasteiger partial charge in [-0.15, -0.1) is 0 Å². The molecule has 1 rings (SSSR count). The molecule has 0 spiro atoms. The standard InChI is InChI=1S/C21H32N6O9/c1-10(2)5-14(26-18(32)12(22)7-17(30)31)19(33)27-15(6-11-8-23-9-24-11)20(34)25-13(21(35)36)3-4-16(28)29/h8-10,12-15H,3-7,22H2,1-2H3,(H,23,24)(H,25,34)(H,26,32)(H,27,33)(H,28,29)(H,30,31)(H,35,36). The SMILES string of the molecule is CC(C)CC(NC(=O)C(N)CC(=O)O)C(=O)NC(Cc1cnc[nH]1)C(=O)NC(CCC(=O)O)C(=O)O. The molecule has 0 saturated carbocycles. The number of carbonyl (C=O) groups excluding carboxylic acids is 3. The first-order valence-electron chi connectivity index (χ1n) is 11.1. The zero-order valence-electron chi connectivity index (χ0n) is 19.9. The van der Waals surface area contributed by atoms with E-state index in [-0.39, 0.29) is 25.2 Å². The van der Waals surface area contributed by atoms with Crippen LogP contribution in [-0.2, 0) is 35.2 Å². The number of aromatic nitrogens is 2. The fraction of sp³-hybridized carbons (Fsp3) is 0.571. The summed E-state index contributed by atoms with van der Waals surface area (Å²) in [6.07, 6.45) is 1.20. The van der Waals surface area contributed by atoms with Crippen molar-refractivity contribution in [1.29, 1.82) is 0 Å². The molecule has 4 unspecified atom stereocenters. The molecule has 0 bridgehead atoms. The number of hydrogen-bond acceptors (Lipinski definition) is 8. The van der Waals surface area contributed by atoms with Gasteiger partial charge in [-0.1, -0.05) is 13.8 Å². The summed E-state index contributed by atoms with van der Waals surface area (Å²) in [5, 5.41) is 34.1. The van der Waals surface area contributed by atoms with Crippen molar-refractivity contribution < 1.29 is 44.1 Å². The molecule has 0 saturated heterocycles. The molecular formula is C21H32N6O9. The number of aliphatic carboxylic acids is 3. The summed E-state index contributed by atoms with van der Waals surface area (Å²) in [6, 6.07) is -5.41. The van der Waals surface area contributed by atoms with Gasteiger partial charge >= 0.3 is 17.9 Å². The van der Waals surface area contributed by atoms with Gasteiger partial charge in [0.1, 0.15) is 18.1 Å². The van der Waals surface area contributed by atoms with Crippen molar-refractivity contribution in [3.05, 3.63) is 18.2 Å². The quantitative estimate of drug-likeness (QED) is 0.123. The highest BCUT2D eigenvalue weighted by molar-refractivity contribution is 5.94. The minimum Gasteiger partial charge on any atom is -0.481 e. The predicted molar refractivity (Wildman–Crippen MR) is 122 cm³/mol. The summed E-state index contributed by atoms with van der Waals surface area (Å²) in [7, 11) is 0. The van der Waals surface area contributed by atoms with E-state index in [1.54, 1.807) is 13.8 Å². The van der Waals surface area contributed by atoms with Crippen molar-refractivity contribution in [3.63, 3.8) is 0 Å². The lowest BCUT2D eigenvalue weighted by Gasteiger charge is -2.25. The second-order valence-corrected chi connectivity index (χ2v) is 8.57. The van der Waals surface area contributed by atoms with Crippen LogP contribution in [0.5, 0.6) is 0 Å². The van der Waals surface area contributed by atoms with Crippen LogP contribution < -0.4 is 21.7 Å². The predicted octanol–water partition coefficient (Wildman–Crippen LogP) is -1.80. The normalized spacial score (nSPS) is 14.2. The van der Waals surface area contributed by atoms with Gasteiger partial charge < -0.3 is 42.0 Å². The van der Waals surface area contributed by atoms with E-state index in [0.29, 0.717) is 5.69 Å². The molecule has 200 valence electrons. The van der Waals surface area contributed by atoms with Gasteiger partial charge in [0.05, 0.1) is 18.8 Å². The maximum atomic E-state index is 13.1. The molecule has 0 aliphatic heterocycles. The van der Waals surface area contributed by atoms with Gasteiger partial charge in [0, 0.05) is 24.7 Å². The number of amides is 3. The molecule has 1 heterocycles. The van der Waals surface area contributed by atoms with E-state index < -0.39 is 72.6 Å². The average molecular weight is 513 g/mol. The van der Waals surface area contributed by atoms with E-state index in [1.807, 2.05) is 0 Å². The molecule has 0 fully saturated rings. The molecule has 3 amide bonds. The van der Waals surface area contributed by atoms with Crippen LogP contribution in [0.1, 0.15) is 45.2 Å². The Hall–Kier alpha value is -4.01. The summed E-state index contributed by atoms with van der Waals surface area (Å²) in [5.41, 5.74) is 6.00. The van der Waals surface area contributed by atoms with Crippen LogP contribution >= 0.6 is 0 Å². The number of carboxylic acid groups (broad SMARTS) is 3. The number of aromatic amines is 1. The van der Waals surface area contributed by atoms with E-state index >= 15 is 0 Å². The minimum absolute atomic E-state index is 0.0935. The summed E-state index contributed by atoms with van der Waals surface area (Å²) in [4.78, 5) is 78.0.